The van der Waals surface area contributed by atoms with E-state index in [0.29, 0.717) is 0 Å². The van der Waals surface area contributed by atoms with Gasteiger partial charge in [0.2, 0.25) is 0 Å². The van der Waals surface area contributed by atoms with Crippen molar-refractivity contribution < 1.29 is 0 Å². The molecule has 1 heterocycles. The van der Waals surface area contributed by atoms with Gasteiger partial charge in [0.15, 0.2) is 0 Å². The Morgan fingerprint density at radius 3 is 2.14 bits per heavy atom. The molecule has 0 bridgehead atoms. The van der Waals surface area contributed by atoms with Gasteiger partial charge >= 0.3 is 0 Å². The molecule has 0 radical (unpaired) electrons. The van der Waals surface area contributed by atoms with E-state index in [0.717, 1.165) is 32.1 Å². The number of nitrogens with zero attached hydrogens (tertiary/aromatic N) is 3. The fourth-order valence-electron chi connectivity index (χ4n) is 1.93. The number of nitriles is 1. The van der Waals surface area contributed by atoms with Gasteiger partial charge in [-0.2, -0.15) is 5.26 Å². The average molecular weight is 195 g/mol. The lowest BCUT2D eigenvalue weighted by atomic mass is 10.2. The standard InChI is InChI=1S/C11H21N3/c1-10(2)9-13-4-6-14(7-5-13)11(3)8-12/h10-11H,4-7,9H2,1-3H3. The van der Waals surface area contributed by atoms with Crippen LogP contribution in [0.3, 0.4) is 0 Å². The smallest absolute Gasteiger partial charge is 0.0950 e. The molecule has 0 aromatic rings. The molecule has 14 heavy (non-hydrogen) atoms. The summed E-state index contributed by atoms with van der Waals surface area (Å²) in [5.41, 5.74) is 0. The van der Waals surface area contributed by atoms with Crippen LogP contribution in [0.1, 0.15) is 20.8 Å². The molecule has 1 rings (SSSR count). The Hall–Kier alpha value is -0.590. The van der Waals surface area contributed by atoms with Crippen molar-refractivity contribution in [1.29, 1.82) is 5.26 Å². The molecule has 1 atom stereocenters. The Kier molecular flexibility index (Phi) is 4.37. The maximum Gasteiger partial charge on any atom is 0.0950 e. The second-order valence-electron chi connectivity index (χ2n) is 4.54. The zero-order chi connectivity index (χ0) is 10.6. The van der Waals surface area contributed by atoms with Crippen LogP contribution in [0.15, 0.2) is 0 Å². The molecule has 0 N–H and O–H groups in total. The van der Waals surface area contributed by atoms with Crippen LogP contribution in [-0.4, -0.2) is 48.6 Å². The van der Waals surface area contributed by atoms with Gasteiger partial charge in [0.1, 0.15) is 0 Å². The first kappa shape index (κ1) is 11.5. The third kappa shape index (κ3) is 3.28. The van der Waals surface area contributed by atoms with Crippen LogP contribution >= 0.6 is 0 Å². The molecule has 1 aliphatic rings. The molecular formula is C11H21N3. The van der Waals surface area contributed by atoms with E-state index in [2.05, 4.69) is 29.7 Å². The van der Waals surface area contributed by atoms with Crippen LogP contribution < -0.4 is 0 Å². The third-order valence-electron chi connectivity index (χ3n) is 2.76. The summed E-state index contributed by atoms with van der Waals surface area (Å²) in [4.78, 5) is 4.75. The van der Waals surface area contributed by atoms with Gasteiger partial charge in [-0.25, -0.2) is 0 Å². The summed E-state index contributed by atoms with van der Waals surface area (Å²) < 4.78 is 0. The molecule has 1 unspecified atom stereocenters. The van der Waals surface area contributed by atoms with Gasteiger partial charge in [-0.3, -0.25) is 4.90 Å². The number of hydrogen-bond donors (Lipinski definition) is 0. The van der Waals surface area contributed by atoms with Crippen LogP contribution in [0, 0.1) is 17.2 Å². The Balaban J connectivity index is 2.28. The molecule has 0 aliphatic carbocycles. The van der Waals surface area contributed by atoms with Crippen molar-refractivity contribution in [1.82, 2.24) is 9.80 Å². The second kappa shape index (κ2) is 5.33. The summed E-state index contributed by atoms with van der Waals surface area (Å²) in [5, 5.41) is 8.79. The lowest BCUT2D eigenvalue weighted by Gasteiger charge is -2.36. The number of rotatable bonds is 3. The molecule has 0 amide bonds. The van der Waals surface area contributed by atoms with Gasteiger partial charge in [0, 0.05) is 32.7 Å². The van der Waals surface area contributed by atoms with E-state index in [1.165, 1.54) is 6.54 Å². The highest BCUT2D eigenvalue weighted by molar-refractivity contribution is 4.90. The van der Waals surface area contributed by atoms with Crippen molar-refractivity contribution in [2.45, 2.75) is 26.8 Å². The van der Waals surface area contributed by atoms with Crippen molar-refractivity contribution in [3.05, 3.63) is 0 Å². The average Bonchev–Trinajstić information content (AvgIpc) is 2.17. The lowest BCUT2D eigenvalue weighted by Crippen LogP contribution is -2.49. The molecule has 0 saturated carbocycles. The van der Waals surface area contributed by atoms with Crippen molar-refractivity contribution >= 4 is 0 Å². The minimum Gasteiger partial charge on any atom is -0.301 e. The molecule has 80 valence electrons. The number of piperazine rings is 1. The first-order valence-corrected chi connectivity index (χ1v) is 5.49. The molecular weight excluding hydrogens is 174 g/mol. The third-order valence-corrected chi connectivity index (χ3v) is 2.76. The van der Waals surface area contributed by atoms with Crippen LogP contribution in [0.2, 0.25) is 0 Å². The van der Waals surface area contributed by atoms with Crippen molar-refractivity contribution in [2.75, 3.05) is 32.7 Å². The normalized spacial score (nSPS) is 22.2. The first-order chi connectivity index (χ1) is 6.63. The largest absolute Gasteiger partial charge is 0.301 e. The highest BCUT2D eigenvalue weighted by Gasteiger charge is 2.20. The van der Waals surface area contributed by atoms with Gasteiger partial charge in [0.25, 0.3) is 0 Å². The van der Waals surface area contributed by atoms with Gasteiger partial charge < -0.3 is 4.90 Å². The Labute approximate surface area is 87.3 Å². The summed E-state index contributed by atoms with van der Waals surface area (Å²) in [7, 11) is 0. The van der Waals surface area contributed by atoms with Gasteiger partial charge in [-0.15, -0.1) is 0 Å². The van der Waals surface area contributed by atoms with Crippen LogP contribution in [0.25, 0.3) is 0 Å². The predicted molar refractivity (Wildman–Crippen MR) is 57.9 cm³/mol. The second-order valence-corrected chi connectivity index (χ2v) is 4.54. The number of hydrogen-bond acceptors (Lipinski definition) is 3. The van der Waals surface area contributed by atoms with E-state index >= 15 is 0 Å². The topological polar surface area (TPSA) is 30.3 Å². The van der Waals surface area contributed by atoms with E-state index in [1.54, 1.807) is 0 Å². The van der Waals surface area contributed by atoms with Crippen LogP contribution in [-0.2, 0) is 0 Å². The highest BCUT2D eigenvalue weighted by Crippen LogP contribution is 2.07. The highest BCUT2D eigenvalue weighted by atomic mass is 15.3. The zero-order valence-electron chi connectivity index (χ0n) is 9.53. The van der Waals surface area contributed by atoms with Crippen LogP contribution in [0.5, 0.6) is 0 Å². The van der Waals surface area contributed by atoms with E-state index < -0.39 is 0 Å². The van der Waals surface area contributed by atoms with Gasteiger partial charge in [-0.05, 0) is 12.8 Å². The monoisotopic (exact) mass is 195 g/mol. The van der Waals surface area contributed by atoms with Gasteiger partial charge in [0.05, 0.1) is 12.1 Å². The lowest BCUT2D eigenvalue weighted by molar-refractivity contribution is 0.110. The summed E-state index contributed by atoms with van der Waals surface area (Å²) in [6.45, 7) is 12.0. The van der Waals surface area contributed by atoms with Crippen molar-refractivity contribution in [2.24, 2.45) is 5.92 Å². The van der Waals surface area contributed by atoms with Crippen molar-refractivity contribution in [3.8, 4) is 6.07 Å². The Bertz CT molecular complexity index is 199. The predicted octanol–water partition coefficient (Wildman–Crippen LogP) is 1.17. The van der Waals surface area contributed by atoms with E-state index in [1.807, 2.05) is 6.92 Å². The SMILES string of the molecule is CC(C)CN1CCN(C(C)C#N)CC1. The van der Waals surface area contributed by atoms with E-state index in [-0.39, 0.29) is 6.04 Å². The van der Waals surface area contributed by atoms with Crippen LogP contribution in [0.4, 0.5) is 0 Å². The first-order valence-electron chi connectivity index (χ1n) is 5.49. The fraction of sp³-hybridized carbons (Fsp3) is 0.909. The maximum absolute atomic E-state index is 8.79. The minimum absolute atomic E-state index is 0.0798. The summed E-state index contributed by atoms with van der Waals surface area (Å²) in [6.07, 6.45) is 0. The Morgan fingerprint density at radius 2 is 1.71 bits per heavy atom. The summed E-state index contributed by atoms with van der Waals surface area (Å²) in [5.74, 6) is 0.745. The summed E-state index contributed by atoms with van der Waals surface area (Å²) >= 11 is 0. The molecule has 1 fully saturated rings. The summed E-state index contributed by atoms with van der Waals surface area (Å²) in [6, 6.07) is 2.38. The molecule has 0 aromatic carbocycles. The molecule has 3 nitrogen and oxygen atoms in total. The molecule has 3 heteroatoms. The zero-order valence-corrected chi connectivity index (χ0v) is 9.53. The maximum atomic E-state index is 8.79. The quantitative estimate of drug-likeness (QED) is 0.677. The fourth-order valence-corrected chi connectivity index (χ4v) is 1.93. The molecule has 0 aromatic heterocycles. The van der Waals surface area contributed by atoms with E-state index in [9.17, 15) is 0 Å². The van der Waals surface area contributed by atoms with E-state index in [4.69, 9.17) is 5.26 Å². The minimum atomic E-state index is 0.0798. The molecule has 1 saturated heterocycles. The van der Waals surface area contributed by atoms with Gasteiger partial charge in [-0.1, -0.05) is 13.8 Å². The Morgan fingerprint density at radius 1 is 1.14 bits per heavy atom. The molecule has 0 spiro atoms. The molecule has 1 aliphatic heterocycles. The van der Waals surface area contributed by atoms with Crippen molar-refractivity contribution in [3.63, 3.8) is 0 Å².